The summed E-state index contributed by atoms with van der Waals surface area (Å²) in [5.74, 6) is 1.64. The van der Waals surface area contributed by atoms with Crippen LogP contribution in [-0.4, -0.2) is 44.1 Å². The predicted octanol–water partition coefficient (Wildman–Crippen LogP) is 8.99. The van der Waals surface area contributed by atoms with Gasteiger partial charge in [0.05, 0.1) is 18.9 Å². The molecule has 47 heavy (non-hydrogen) atoms. The first-order valence-corrected chi connectivity index (χ1v) is 19.1. The summed E-state index contributed by atoms with van der Waals surface area (Å²) in [6.07, 6.45) is -0.577. The van der Waals surface area contributed by atoms with Gasteiger partial charge < -0.3 is 19.0 Å². The minimum absolute atomic E-state index is 0.128. The zero-order chi connectivity index (χ0) is 34.0. The second kappa shape index (κ2) is 16.1. The highest BCUT2D eigenvalue weighted by atomic mass is 28.4. The van der Waals surface area contributed by atoms with Gasteiger partial charge in [-0.15, -0.1) is 0 Å². The number of methoxy groups -OCH3 is 1. The summed E-state index contributed by atoms with van der Waals surface area (Å²) in [5.41, 5.74) is 4.38. The molecule has 0 aliphatic rings. The van der Waals surface area contributed by atoms with E-state index in [0.717, 1.165) is 23.5 Å². The van der Waals surface area contributed by atoms with Gasteiger partial charge >= 0.3 is 6.09 Å². The highest BCUT2D eigenvalue weighted by molar-refractivity contribution is 6.74. The smallest absolute Gasteiger partial charge is 0.411 e. The maximum Gasteiger partial charge on any atom is 0.411 e. The number of hydrogen-bond donors (Lipinski definition) is 2. The maximum atomic E-state index is 12.2. The molecule has 2 atom stereocenters. The van der Waals surface area contributed by atoms with Gasteiger partial charge in [0.1, 0.15) is 18.1 Å². The van der Waals surface area contributed by atoms with E-state index in [9.17, 15) is 9.90 Å². The van der Waals surface area contributed by atoms with E-state index in [-0.39, 0.29) is 17.7 Å². The van der Waals surface area contributed by atoms with Crippen molar-refractivity contribution in [1.82, 2.24) is 4.90 Å². The molecule has 4 aromatic carbocycles. The van der Waals surface area contributed by atoms with Gasteiger partial charge in [0.25, 0.3) is 0 Å². The molecule has 0 aliphatic carbocycles. The van der Waals surface area contributed by atoms with Crippen molar-refractivity contribution in [3.05, 3.63) is 125 Å². The van der Waals surface area contributed by atoms with Crippen LogP contribution >= 0.6 is 0 Å². The number of nitrogens with zero attached hydrogens (tertiary/aromatic N) is 1. The number of benzene rings is 4. The average Bonchev–Trinajstić information content (AvgIpc) is 3.05. The van der Waals surface area contributed by atoms with Crippen LogP contribution in [0, 0.1) is 0 Å². The number of nitrogens with one attached hydrogen (secondary N) is 1. The Hall–Kier alpha value is -4.11. The van der Waals surface area contributed by atoms with Crippen molar-refractivity contribution in [3.63, 3.8) is 0 Å². The number of ether oxygens (including phenoxy) is 2. The largest absolute Gasteiger partial charge is 0.544 e. The van der Waals surface area contributed by atoms with Crippen molar-refractivity contribution in [1.29, 1.82) is 0 Å². The lowest BCUT2D eigenvalue weighted by Gasteiger charge is -2.36. The van der Waals surface area contributed by atoms with Gasteiger partial charge in [0.2, 0.25) is 8.32 Å². The minimum atomic E-state index is -1.92. The number of carbonyl (C=O) groups is 1. The highest BCUT2D eigenvalue weighted by Gasteiger charge is 2.39. The van der Waals surface area contributed by atoms with Crippen LogP contribution < -0.4 is 14.5 Å². The summed E-state index contributed by atoms with van der Waals surface area (Å²) in [4.78, 5) is 14.5. The van der Waals surface area contributed by atoms with Gasteiger partial charge in [-0.25, -0.2) is 4.79 Å². The molecule has 2 N–H and O–H groups in total. The van der Waals surface area contributed by atoms with E-state index in [0.29, 0.717) is 24.3 Å². The SMILES string of the molecule is COC(=O)Nc1cc([C@H](O)CN(Cc2ccccc2)[C@H](C)Cc2ccc(O[Si](C)(C)C(C)(C)C)cc2)ccc1COc1ccccc1. The van der Waals surface area contributed by atoms with E-state index in [2.05, 4.69) is 87.4 Å². The van der Waals surface area contributed by atoms with Crippen LogP contribution in [0.5, 0.6) is 11.5 Å². The van der Waals surface area contributed by atoms with E-state index in [1.807, 2.05) is 60.7 Å². The first-order valence-electron chi connectivity index (χ1n) is 16.2. The minimum Gasteiger partial charge on any atom is -0.544 e. The summed E-state index contributed by atoms with van der Waals surface area (Å²) >= 11 is 0. The van der Waals surface area contributed by atoms with Gasteiger partial charge in [-0.3, -0.25) is 10.2 Å². The molecule has 0 saturated carbocycles. The number of amides is 1. The van der Waals surface area contributed by atoms with Gasteiger partial charge in [0.15, 0.2) is 0 Å². The third-order valence-electron chi connectivity index (χ3n) is 8.97. The topological polar surface area (TPSA) is 80.3 Å². The molecule has 4 rings (SSSR count). The van der Waals surface area contributed by atoms with Crippen LogP contribution in [0.3, 0.4) is 0 Å². The van der Waals surface area contributed by atoms with E-state index in [4.69, 9.17) is 13.9 Å². The zero-order valence-corrected chi connectivity index (χ0v) is 29.8. The Morgan fingerprint density at radius 2 is 1.51 bits per heavy atom. The molecular weight excluding hydrogens is 605 g/mol. The van der Waals surface area contributed by atoms with Gasteiger partial charge in [-0.1, -0.05) is 93.6 Å². The summed E-state index contributed by atoms with van der Waals surface area (Å²) in [7, 11) is -0.594. The molecule has 0 aliphatic heterocycles. The summed E-state index contributed by atoms with van der Waals surface area (Å²) < 4.78 is 17.3. The molecule has 0 fully saturated rings. The van der Waals surface area contributed by atoms with Crippen molar-refractivity contribution in [2.24, 2.45) is 0 Å². The number of aliphatic hydroxyl groups is 1. The van der Waals surface area contributed by atoms with Crippen molar-refractivity contribution in [3.8, 4) is 11.5 Å². The lowest BCUT2D eigenvalue weighted by atomic mass is 10.0. The molecule has 0 saturated heterocycles. The van der Waals surface area contributed by atoms with Crippen LogP contribution in [0.2, 0.25) is 18.1 Å². The molecule has 4 aromatic rings. The Morgan fingerprint density at radius 3 is 2.13 bits per heavy atom. The Bertz CT molecular complexity index is 1560. The Morgan fingerprint density at radius 1 is 0.872 bits per heavy atom. The summed E-state index contributed by atoms with van der Waals surface area (Å²) in [6, 6.07) is 34.0. The first-order chi connectivity index (χ1) is 22.3. The monoisotopic (exact) mass is 654 g/mol. The predicted molar refractivity (Wildman–Crippen MR) is 192 cm³/mol. The molecule has 0 bridgehead atoms. The number of anilines is 1. The normalized spacial score (nSPS) is 13.1. The van der Waals surface area contributed by atoms with E-state index in [1.165, 1.54) is 18.2 Å². The van der Waals surface area contributed by atoms with Crippen molar-refractivity contribution < 1.29 is 23.8 Å². The molecule has 0 unspecified atom stereocenters. The molecule has 0 aromatic heterocycles. The number of rotatable bonds is 14. The summed E-state index contributed by atoms with van der Waals surface area (Å²) in [5, 5.41) is 14.5. The zero-order valence-electron chi connectivity index (χ0n) is 28.8. The fourth-order valence-electron chi connectivity index (χ4n) is 5.04. The van der Waals surface area contributed by atoms with E-state index < -0.39 is 20.5 Å². The van der Waals surface area contributed by atoms with Gasteiger partial charge in [-0.05, 0) is 78.5 Å². The van der Waals surface area contributed by atoms with E-state index >= 15 is 0 Å². The van der Waals surface area contributed by atoms with Gasteiger partial charge in [0, 0.05) is 24.7 Å². The van der Waals surface area contributed by atoms with Gasteiger partial charge in [-0.2, -0.15) is 0 Å². The fourth-order valence-corrected chi connectivity index (χ4v) is 6.07. The van der Waals surface area contributed by atoms with Crippen LogP contribution in [0.15, 0.2) is 103 Å². The van der Waals surface area contributed by atoms with Crippen LogP contribution in [-0.2, 0) is 24.3 Å². The second-order valence-corrected chi connectivity index (χ2v) is 18.3. The lowest BCUT2D eigenvalue weighted by molar-refractivity contribution is 0.0859. The standard InChI is InChI=1S/C39H50N2O5Si/c1-29(24-30-18-22-35(23-19-30)46-47(6,7)39(2,3)4)41(26-31-14-10-8-11-15-31)27-37(42)32-20-21-33(36(25-32)40-38(43)44-5)28-45-34-16-12-9-13-17-34/h8-23,25,29,37,42H,24,26-28H2,1-7H3,(H,40,43)/t29-,37-/m1/s1. The van der Waals surface area contributed by atoms with Crippen molar-refractivity contribution in [2.75, 3.05) is 19.0 Å². The van der Waals surface area contributed by atoms with E-state index in [1.54, 1.807) is 6.07 Å². The first kappa shape index (κ1) is 35.7. The number of hydrogen-bond acceptors (Lipinski definition) is 6. The third-order valence-corrected chi connectivity index (χ3v) is 13.3. The molecule has 250 valence electrons. The van der Waals surface area contributed by atoms with Crippen LogP contribution in [0.1, 0.15) is 56.1 Å². The number of aliphatic hydroxyl groups excluding tert-OH is 1. The highest BCUT2D eigenvalue weighted by Crippen LogP contribution is 2.37. The molecular formula is C39H50N2O5Si. The van der Waals surface area contributed by atoms with Crippen molar-refractivity contribution >= 4 is 20.1 Å². The molecule has 0 radical (unpaired) electrons. The average molecular weight is 655 g/mol. The molecule has 0 spiro atoms. The molecule has 0 heterocycles. The number of para-hydroxylation sites is 1. The Labute approximate surface area is 281 Å². The third kappa shape index (κ3) is 10.4. The van der Waals surface area contributed by atoms with Crippen molar-refractivity contribution in [2.45, 2.75) is 77.5 Å². The quantitative estimate of drug-likeness (QED) is 0.132. The van der Waals surface area contributed by atoms with Crippen LogP contribution in [0.4, 0.5) is 10.5 Å². The lowest BCUT2D eigenvalue weighted by Crippen LogP contribution is -2.43. The second-order valence-electron chi connectivity index (χ2n) is 13.6. The van der Waals surface area contributed by atoms with Crippen LogP contribution in [0.25, 0.3) is 0 Å². The molecule has 8 heteroatoms. The fraction of sp³-hybridized carbons (Fsp3) is 0.359. The summed E-state index contributed by atoms with van der Waals surface area (Å²) in [6.45, 7) is 14.8. The Kier molecular flexibility index (Phi) is 12.3. The molecule has 7 nitrogen and oxygen atoms in total. The maximum absolute atomic E-state index is 12.2. The molecule has 1 amide bonds. The Balaban J connectivity index is 1.51. The number of carbonyl (C=O) groups excluding carboxylic acids is 1.